The highest BCUT2D eigenvalue weighted by Crippen LogP contribution is 2.40. The number of amides is 1. The van der Waals surface area contributed by atoms with E-state index in [1.54, 1.807) is 0 Å². The molecule has 0 aliphatic carbocycles. The third-order valence-corrected chi connectivity index (χ3v) is 3.99. The third-order valence-electron chi connectivity index (χ3n) is 3.99. The minimum absolute atomic E-state index is 0.291. The molecule has 5 heteroatoms. The molecule has 0 bridgehead atoms. The van der Waals surface area contributed by atoms with E-state index in [2.05, 4.69) is 12.2 Å². The number of rotatable bonds is 2. The zero-order chi connectivity index (χ0) is 16.9. The molecule has 1 aliphatic heterocycles. The lowest BCUT2D eigenvalue weighted by Crippen LogP contribution is -2.20. The number of phenols is 1. The Morgan fingerprint density at radius 2 is 1.91 bits per heavy atom. The van der Waals surface area contributed by atoms with Crippen LogP contribution in [0.2, 0.25) is 0 Å². The maximum Gasteiger partial charge on any atom is 0.404 e. The normalized spacial score (nSPS) is 16.0. The number of ether oxygens (including phenoxy) is 1. The van der Waals surface area contributed by atoms with Crippen LogP contribution in [0.15, 0.2) is 0 Å². The van der Waals surface area contributed by atoms with E-state index < -0.39 is 6.09 Å². The van der Waals surface area contributed by atoms with Crippen LogP contribution < -0.4 is 10.1 Å². The highest BCUT2D eigenvalue weighted by molar-refractivity contribution is 5.64. The van der Waals surface area contributed by atoms with Gasteiger partial charge in [-0.15, -0.1) is 0 Å². The third kappa shape index (κ3) is 4.29. The minimum atomic E-state index is -0.943. The van der Waals surface area contributed by atoms with Crippen LogP contribution in [0.4, 0.5) is 4.79 Å². The number of carboxylic acid groups (broad SMARTS) is 1. The van der Waals surface area contributed by atoms with Gasteiger partial charge in [0.25, 0.3) is 0 Å². The summed E-state index contributed by atoms with van der Waals surface area (Å²) in [6, 6.07) is 0. The van der Waals surface area contributed by atoms with Gasteiger partial charge in [-0.25, -0.2) is 4.79 Å². The Hall–Kier alpha value is -1.91. The Kier molecular flexibility index (Phi) is 6.53. The van der Waals surface area contributed by atoms with Crippen molar-refractivity contribution in [3.8, 4) is 11.5 Å². The molecule has 0 radical (unpaired) electrons. The Morgan fingerprint density at radius 1 is 1.27 bits per heavy atom. The van der Waals surface area contributed by atoms with E-state index >= 15 is 0 Å². The van der Waals surface area contributed by atoms with Gasteiger partial charge < -0.3 is 20.3 Å². The minimum Gasteiger partial charge on any atom is -0.507 e. The van der Waals surface area contributed by atoms with Crippen LogP contribution in [-0.4, -0.2) is 29.0 Å². The molecule has 1 heterocycles. The first-order chi connectivity index (χ1) is 10.3. The second-order valence-corrected chi connectivity index (χ2v) is 5.73. The number of benzene rings is 1. The molecular formula is C17H27NO4. The van der Waals surface area contributed by atoms with E-state index in [0.717, 1.165) is 41.7 Å². The molecular weight excluding hydrogens is 282 g/mol. The van der Waals surface area contributed by atoms with Crippen LogP contribution in [0.25, 0.3) is 0 Å². The first kappa shape index (κ1) is 18.1. The van der Waals surface area contributed by atoms with Crippen LogP contribution >= 0.6 is 0 Å². The Labute approximate surface area is 132 Å². The van der Waals surface area contributed by atoms with Crippen molar-refractivity contribution in [1.29, 1.82) is 0 Å². The van der Waals surface area contributed by atoms with Crippen molar-refractivity contribution in [1.82, 2.24) is 5.32 Å². The summed E-state index contributed by atoms with van der Waals surface area (Å²) >= 11 is 0. The van der Waals surface area contributed by atoms with Crippen LogP contribution in [0, 0.1) is 20.8 Å². The first-order valence-electron chi connectivity index (χ1n) is 7.74. The SMILES string of the molecule is CCCNC(=O)O.Cc1c(C)c2c(c(C)c1O)CCC(C)O2. The van der Waals surface area contributed by atoms with Gasteiger partial charge in [0.1, 0.15) is 11.5 Å². The van der Waals surface area contributed by atoms with E-state index in [4.69, 9.17) is 9.84 Å². The molecule has 1 aromatic carbocycles. The average Bonchev–Trinajstić information content (AvgIpc) is 2.49. The number of aromatic hydroxyl groups is 1. The molecule has 1 amide bonds. The van der Waals surface area contributed by atoms with Crippen molar-refractivity contribution in [3.63, 3.8) is 0 Å². The molecule has 1 aromatic rings. The lowest BCUT2D eigenvalue weighted by atomic mass is 9.92. The largest absolute Gasteiger partial charge is 0.507 e. The topological polar surface area (TPSA) is 78.8 Å². The number of hydrogen-bond donors (Lipinski definition) is 3. The Bertz CT molecular complexity index is 540. The molecule has 22 heavy (non-hydrogen) atoms. The molecule has 0 saturated carbocycles. The highest BCUT2D eigenvalue weighted by Gasteiger charge is 2.23. The lowest BCUT2D eigenvalue weighted by Gasteiger charge is -2.27. The van der Waals surface area contributed by atoms with E-state index in [9.17, 15) is 9.90 Å². The summed E-state index contributed by atoms with van der Waals surface area (Å²) in [4.78, 5) is 9.65. The van der Waals surface area contributed by atoms with Crippen molar-refractivity contribution in [2.45, 2.75) is 60.0 Å². The quantitative estimate of drug-likeness (QED) is 0.778. The van der Waals surface area contributed by atoms with E-state index in [0.29, 0.717) is 18.4 Å². The fourth-order valence-corrected chi connectivity index (χ4v) is 2.47. The van der Waals surface area contributed by atoms with E-state index in [1.165, 1.54) is 5.56 Å². The van der Waals surface area contributed by atoms with E-state index in [1.807, 2.05) is 27.7 Å². The van der Waals surface area contributed by atoms with Crippen molar-refractivity contribution >= 4 is 6.09 Å². The second-order valence-electron chi connectivity index (χ2n) is 5.73. The summed E-state index contributed by atoms with van der Waals surface area (Å²) in [7, 11) is 0. The molecule has 0 aromatic heterocycles. The summed E-state index contributed by atoms with van der Waals surface area (Å²) in [5.74, 6) is 1.44. The smallest absolute Gasteiger partial charge is 0.404 e. The fraction of sp³-hybridized carbons (Fsp3) is 0.588. The monoisotopic (exact) mass is 309 g/mol. The van der Waals surface area contributed by atoms with Gasteiger partial charge in [0.05, 0.1) is 6.10 Å². The fourth-order valence-electron chi connectivity index (χ4n) is 2.47. The highest BCUT2D eigenvalue weighted by atomic mass is 16.5. The van der Waals surface area contributed by atoms with Crippen molar-refractivity contribution < 1.29 is 19.7 Å². The van der Waals surface area contributed by atoms with Crippen LogP contribution in [0.3, 0.4) is 0 Å². The summed E-state index contributed by atoms with van der Waals surface area (Å²) in [6.07, 6.45) is 2.25. The molecule has 1 atom stereocenters. The Morgan fingerprint density at radius 3 is 2.41 bits per heavy atom. The molecule has 1 unspecified atom stereocenters. The first-order valence-corrected chi connectivity index (χ1v) is 7.74. The molecule has 0 spiro atoms. The molecule has 3 N–H and O–H groups in total. The predicted octanol–water partition coefficient (Wildman–Crippen LogP) is 3.69. The van der Waals surface area contributed by atoms with E-state index in [-0.39, 0.29) is 0 Å². The van der Waals surface area contributed by atoms with Gasteiger partial charge in [0, 0.05) is 12.1 Å². The van der Waals surface area contributed by atoms with Gasteiger partial charge >= 0.3 is 6.09 Å². The number of fused-ring (bicyclic) bond motifs is 1. The lowest BCUT2D eigenvalue weighted by molar-refractivity contribution is 0.190. The van der Waals surface area contributed by atoms with Crippen molar-refractivity contribution in [2.24, 2.45) is 0 Å². The van der Waals surface area contributed by atoms with Crippen LogP contribution in [-0.2, 0) is 6.42 Å². The maximum atomic E-state index is 9.95. The number of phenolic OH excluding ortho intramolecular Hbond substituents is 1. The van der Waals surface area contributed by atoms with Gasteiger partial charge in [0.2, 0.25) is 0 Å². The standard InChI is InChI=1S/C13H18O2.C4H9NO2/c1-7-5-6-11-10(4)12(14)8(2)9(3)13(11)15-7;1-2-3-5-4(6)7/h7,14H,5-6H2,1-4H3;5H,2-3H2,1H3,(H,6,7). The van der Waals surface area contributed by atoms with Crippen molar-refractivity contribution in [2.75, 3.05) is 6.54 Å². The second kappa shape index (κ2) is 7.92. The zero-order valence-electron chi connectivity index (χ0n) is 14.1. The molecule has 0 fully saturated rings. The summed E-state index contributed by atoms with van der Waals surface area (Å²) in [5, 5.41) is 20.1. The predicted molar refractivity (Wildman–Crippen MR) is 87.0 cm³/mol. The van der Waals surface area contributed by atoms with Gasteiger partial charge in [0.15, 0.2) is 0 Å². The Balaban J connectivity index is 0.000000295. The van der Waals surface area contributed by atoms with Gasteiger partial charge in [-0.3, -0.25) is 0 Å². The molecule has 1 aliphatic rings. The molecule has 2 rings (SSSR count). The van der Waals surface area contributed by atoms with Gasteiger partial charge in [-0.05, 0) is 63.6 Å². The van der Waals surface area contributed by atoms with Crippen molar-refractivity contribution in [3.05, 3.63) is 22.3 Å². The number of hydrogen-bond acceptors (Lipinski definition) is 3. The van der Waals surface area contributed by atoms with Gasteiger partial charge in [-0.1, -0.05) is 6.92 Å². The summed E-state index contributed by atoms with van der Waals surface area (Å²) in [5.41, 5.74) is 4.20. The van der Waals surface area contributed by atoms with Crippen LogP contribution in [0.5, 0.6) is 11.5 Å². The summed E-state index contributed by atoms with van der Waals surface area (Å²) < 4.78 is 5.87. The zero-order valence-corrected chi connectivity index (χ0v) is 14.1. The molecule has 5 nitrogen and oxygen atoms in total. The number of carbonyl (C=O) groups is 1. The summed E-state index contributed by atoms with van der Waals surface area (Å²) in [6.45, 7) is 10.5. The number of nitrogens with one attached hydrogen (secondary N) is 1. The van der Waals surface area contributed by atoms with Gasteiger partial charge in [-0.2, -0.15) is 0 Å². The average molecular weight is 309 g/mol. The van der Waals surface area contributed by atoms with Crippen LogP contribution in [0.1, 0.15) is 48.9 Å². The molecule has 124 valence electrons. The molecule has 0 saturated heterocycles. The maximum absolute atomic E-state index is 9.95.